The summed E-state index contributed by atoms with van der Waals surface area (Å²) in [6.07, 6.45) is 1.76. The molecule has 7 heteroatoms. The Labute approximate surface area is 149 Å². The number of likely N-dealkylation sites (tertiary alicyclic amines) is 1. The molecule has 2 heterocycles. The van der Waals surface area contributed by atoms with E-state index >= 15 is 0 Å². The topological polar surface area (TPSA) is 89.9 Å². The lowest BCUT2D eigenvalue weighted by molar-refractivity contribution is -0.121. The van der Waals surface area contributed by atoms with E-state index in [4.69, 9.17) is 0 Å². The van der Waals surface area contributed by atoms with Crippen LogP contribution < -0.4 is 5.32 Å². The summed E-state index contributed by atoms with van der Waals surface area (Å²) in [4.78, 5) is 27.2. The molecule has 3 rings (SSSR count). The molecule has 2 amide bonds. The van der Waals surface area contributed by atoms with Crippen molar-refractivity contribution in [3.05, 3.63) is 46.2 Å². The second-order valence-corrected chi connectivity index (χ2v) is 7.16. The number of nitrogens with zero attached hydrogens (tertiary/aromatic N) is 1. The lowest BCUT2D eigenvalue weighted by Gasteiger charge is -2.32. The minimum atomic E-state index is -0.227. The second kappa shape index (κ2) is 7.57. The van der Waals surface area contributed by atoms with Crippen LogP contribution in [-0.2, 0) is 11.2 Å². The molecule has 132 valence electrons. The average molecular weight is 360 g/mol. The van der Waals surface area contributed by atoms with Crippen LogP contribution in [0.2, 0.25) is 0 Å². The maximum atomic E-state index is 12.5. The van der Waals surface area contributed by atoms with E-state index in [0.717, 1.165) is 4.88 Å². The van der Waals surface area contributed by atoms with Gasteiger partial charge in [-0.1, -0.05) is 6.07 Å². The largest absolute Gasteiger partial charge is 0.508 e. The number of carbonyl (C=O) groups excluding carboxylic acids is 2. The van der Waals surface area contributed by atoms with E-state index in [9.17, 15) is 19.8 Å². The summed E-state index contributed by atoms with van der Waals surface area (Å²) in [5, 5.41) is 24.0. The summed E-state index contributed by atoms with van der Waals surface area (Å²) in [6.45, 7) is 1.05. The van der Waals surface area contributed by atoms with Crippen LogP contribution in [0.1, 0.15) is 28.1 Å². The molecule has 1 aliphatic rings. The van der Waals surface area contributed by atoms with Crippen LogP contribution in [0.3, 0.4) is 0 Å². The van der Waals surface area contributed by atoms with Gasteiger partial charge in [-0.05, 0) is 36.4 Å². The summed E-state index contributed by atoms with van der Waals surface area (Å²) >= 11 is 1.56. The summed E-state index contributed by atoms with van der Waals surface area (Å²) < 4.78 is 0. The number of phenolic OH excluding ortho intramolecular Hbond substituents is 2. The van der Waals surface area contributed by atoms with Crippen molar-refractivity contribution >= 4 is 23.2 Å². The number of rotatable bonds is 4. The lowest BCUT2D eigenvalue weighted by atomic mass is 10.0. The van der Waals surface area contributed by atoms with Gasteiger partial charge in [0.05, 0.1) is 6.42 Å². The Morgan fingerprint density at radius 3 is 2.44 bits per heavy atom. The van der Waals surface area contributed by atoms with Crippen molar-refractivity contribution < 1.29 is 19.8 Å². The maximum absolute atomic E-state index is 12.5. The summed E-state index contributed by atoms with van der Waals surface area (Å²) in [7, 11) is 0. The number of hydrogen-bond acceptors (Lipinski definition) is 5. The first-order valence-electron chi connectivity index (χ1n) is 8.15. The first-order valence-corrected chi connectivity index (χ1v) is 9.03. The van der Waals surface area contributed by atoms with Crippen molar-refractivity contribution in [2.45, 2.75) is 25.3 Å². The van der Waals surface area contributed by atoms with Gasteiger partial charge in [0.1, 0.15) is 11.5 Å². The molecular weight excluding hydrogens is 340 g/mol. The van der Waals surface area contributed by atoms with Crippen molar-refractivity contribution in [1.29, 1.82) is 0 Å². The number of carbonyl (C=O) groups is 2. The highest BCUT2D eigenvalue weighted by molar-refractivity contribution is 7.10. The summed E-state index contributed by atoms with van der Waals surface area (Å²) in [5.74, 6) is -0.502. The van der Waals surface area contributed by atoms with Gasteiger partial charge in [0.2, 0.25) is 5.91 Å². The van der Waals surface area contributed by atoms with E-state index in [2.05, 4.69) is 5.32 Å². The van der Waals surface area contributed by atoms with Crippen LogP contribution in [-0.4, -0.2) is 46.1 Å². The molecule has 2 aromatic rings. The molecule has 0 unspecified atom stereocenters. The third-order valence-corrected chi connectivity index (χ3v) is 5.09. The average Bonchev–Trinajstić information content (AvgIpc) is 3.07. The SMILES string of the molecule is O=C(Cc1cccs1)NC1CCN(C(=O)c2cc(O)cc(O)c2)CC1. The number of aromatic hydroxyl groups is 2. The normalized spacial score (nSPS) is 15.1. The number of benzene rings is 1. The zero-order valence-corrected chi connectivity index (χ0v) is 14.5. The van der Waals surface area contributed by atoms with E-state index in [-0.39, 0.29) is 34.9 Å². The van der Waals surface area contributed by atoms with Gasteiger partial charge in [-0.15, -0.1) is 11.3 Å². The minimum absolute atomic E-state index is 0.00475. The number of nitrogens with one attached hydrogen (secondary N) is 1. The molecule has 3 N–H and O–H groups in total. The summed E-state index contributed by atoms with van der Waals surface area (Å²) in [6, 6.07) is 7.81. The predicted molar refractivity (Wildman–Crippen MR) is 94.9 cm³/mol. The molecule has 1 aromatic carbocycles. The zero-order chi connectivity index (χ0) is 17.8. The van der Waals surface area contributed by atoms with Gasteiger partial charge in [0.25, 0.3) is 5.91 Å². The summed E-state index contributed by atoms with van der Waals surface area (Å²) in [5.41, 5.74) is 0.262. The van der Waals surface area contributed by atoms with Crippen molar-refractivity contribution in [3.8, 4) is 11.5 Å². The van der Waals surface area contributed by atoms with Crippen molar-refractivity contribution in [3.63, 3.8) is 0 Å². The zero-order valence-electron chi connectivity index (χ0n) is 13.6. The third-order valence-electron chi connectivity index (χ3n) is 4.21. The number of piperidine rings is 1. The van der Waals surface area contributed by atoms with E-state index in [1.807, 2.05) is 17.5 Å². The molecule has 1 fully saturated rings. The standard InChI is InChI=1S/C18H20N2O4S/c21-14-8-12(9-15(22)10-14)18(24)20-5-3-13(4-6-20)19-17(23)11-16-2-1-7-25-16/h1-2,7-10,13,21-22H,3-6,11H2,(H,19,23). The Balaban J connectivity index is 1.51. The monoisotopic (exact) mass is 360 g/mol. The highest BCUT2D eigenvalue weighted by atomic mass is 32.1. The molecule has 0 spiro atoms. The smallest absolute Gasteiger partial charge is 0.254 e. The van der Waals surface area contributed by atoms with E-state index < -0.39 is 0 Å². The van der Waals surface area contributed by atoms with Crippen LogP contribution in [0.5, 0.6) is 11.5 Å². The highest BCUT2D eigenvalue weighted by Gasteiger charge is 2.25. The maximum Gasteiger partial charge on any atom is 0.254 e. The van der Waals surface area contributed by atoms with Crippen LogP contribution in [0.4, 0.5) is 0 Å². The lowest BCUT2D eigenvalue weighted by Crippen LogP contribution is -2.46. The van der Waals surface area contributed by atoms with Gasteiger partial charge in [0, 0.05) is 35.6 Å². The van der Waals surface area contributed by atoms with Crippen molar-refractivity contribution in [1.82, 2.24) is 10.2 Å². The number of phenols is 2. The third kappa shape index (κ3) is 4.51. The fourth-order valence-electron chi connectivity index (χ4n) is 2.98. The second-order valence-electron chi connectivity index (χ2n) is 6.13. The fourth-order valence-corrected chi connectivity index (χ4v) is 3.68. The van der Waals surface area contributed by atoms with Gasteiger partial charge >= 0.3 is 0 Å². The fraction of sp³-hybridized carbons (Fsp3) is 0.333. The highest BCUT2D eigenvalue weighted by Crippen LogP contribution is 2.23. The predicted octanol–water partition coefficient (Wildman–Crippen LogP) is 2.12. The van der Waals surface area contributed by atoms with Crippen molar-refractivity contribution in [2.75, 3.05) is 13.1 Å². The number of thiophene rings is 1. The first-order chi connectivity index (χ1) is 12.0. The van der Waals surface area contributed by atoms with E-state index in [1.54, 1.807) is 16.2 Å². The van der Waals surface area contributed by atoms with E-state index in [1.165, 1.54) is 18.2 Å². The van der Waals surface area contributed by atoms with Crippen LogP contribution in [0.25, 0.3) is 0 Å². The van der Waals surface area contributed by atoms with Crippen LogP contribution in [0, 0.1) is 0 Å². The Morgan fingerprint density at radius 1 is 1.16 bits per heavy atom. The van der Waals surface area contributed by atoms with Gasteiger partial charge in [-0.25, -0.2) is 0 Å². The van der Waals surface area contributed by atoms with Crippen LogP contribution >= 0.6 is 11.3 Å². The molecule has 0 aliphatic carbocycles. The molecule has 1 saturated heterocycles. The Bertz CT molecular complexity index is 732. The minimum Gasteiger partial charge on any atom is -0.508 e. The Hall–Kier alpha value is -2.54. The molecule has 0 bridgehead atoms. The Kier molecular flexibility index (Phi) is 5.23. The molecule has 6 nitrogen and oxygen atoms in total. The molecule has 1 aliphatic heterocycles. The quantitative estimate of drug-likeness (QED) is 0.779. The van der Waals surface area contributed by atoms with Crippen LogP contribution in [0.15, 0.2) is 35.7 Å². The Morgan fingerprint density at radius 2 is 1.84 bits per heavy atom. The molecule has 1 aromatic heterocycles. The van der Waals surface area contributed by atoms with Gasteiger partial charge < -0.3 is 20.4 Å². The van der Waals surface area contributed by atoms with Gasteiger partial charge in [-0.2, -0.15) is 0 Å². The first kappa shape index (κ1) is 17.3. The molecule has 0 saturated carbocycles. The molecule has 0 radical (unpaired) electrons. The number of amides is 2. The van der Waals surface area contributed by atoms with E-state index in [0.29, 0.717) is 32.4 Å². The van der Waals surface area contributed by atoms with Crippen molar-refractivity contribution in [2.24, 2.45) is 0 Å². The molecule has 0 atom stereocenters. The number of hydrogen-bond donors (Lipinski definition) is 3. The van der Waals surface area contributed by atoms with Gasteiger partial charge in [0.15, 0.2) is 0 Å². The molecule has 25 heavy (non-hydrogen) atoms. The molecular formula is C18H20N2O4S. The van der Waals surface area contributed by atoms with Gasteiger partial charge in [-0.3, -0.25) is 9.59 Å².